The molecule has 0 aliphatic carbocycles. The van der Waals surface area contributed by atoms with Gasteiger partial charge < -0.3 is 0 Å². The van der Waals surface area contributed by atoms with Gasteiger partial charge in [-0.25, -0.2) is 0 Å². The first-order valence-electron chi connectivity index (χ1n) is 4.72. The van der Waals surface area contributed by atoms with Gasteiger partial charge in [0, 0.05) is 19.5 Å². The summed E-state index contributed by atoms with van der Waals surface area (Å²) < 4.78 is 0. The van der Waals surface area contributed by atoms with E-state index in [1.54, 1.807) is 0 Å². The smallest absolute Gasteiger partial charge is 0 e. The predicted molar refractivity (Wildman–Crippen MR) is 60.3 cm³/mol. The molecule has 0 saturated carbocycles. The normalized spacial score (nSPS) is 10.1. The molecule has 15 heavy (non-hydrogen) atoms. The third-order valence-electron chi connectivity index (χ3n) is 2.55. The summed E-state index contributed by atoms with van der Waals surface area (Å²) in [5, 5.41) is 5.12. The van der Waals surface area contributed by atoms with Crippen LogP contribution in [0.5, 0.6) is 0 Å². The van der Waals surface area contributed by atoms with E-state index in [1.165, 1.54) is 21.5 Å². The average molecular weight is 243 g/mol. The molecule has 0 nitrogen and oxygen atoms in total. The second kappa shape index (κ2) is 4.12. The van der Waals surface area contributed by atoms with Gasteiger partial charge in [-0.2, -0.15) is 24.3 Å². The van der Waals surface area contributed by atoms with Crippen LogP contribution >= 0.6 is 0 Å². The number of hydrogen-bond donors (Lipinski definition) is 0. The average Bonchev–Trinajstić information content (AvgIpc) is 2.26. The molecule has 0 fully saturated rings. The van der Waals surface area contributed by atoms with Crippen LogP contribution in [0.1, 0.15) is 0 Å². The van der Waals surface area contributed by atoms with E-state index in [2.05, 4.69) is 48.5 Å². The monoisotopic (exact) mass is 241 g/mol. The second-order valence-electron chi connectivity index (χ2n) is 3.47. The summed E-state index contributed by atoms with van der Waals surface area (Å²) in [4.78, 5) is 0. The fraction of sp³-hybridized carbons (Fsp3) is 0. The van der Waals surface area contributed by atoms with Gasteiger partial charge >= 0.3 is 0 Å². The van der Waals surface area contributed by atoms with Crippen molar-refractivity contribution in [3.8, 4) is 0 Å². The van der Waals surface area contributed by atoms with Gasteiger partial charge in [0.1, 0.15) is 0 Å². The van der Waals surface area contributed by atoms with Crippen LogP contribution in [-0.2, 0) is 19.5 Å². The molecule has 0 N–H and O–H groups in total. The third-order valence-corrected chi connectivity index (χ3v) is 2.55. The fourth-order valence-electron chi connectivity index (χ4n) is 1.82. The molecule has 3 aromatic rings. The van der Waals surface area contributed by atoms with Crippen LogP contribution < -0.4 is 0 Å². The Hall–Kier alpha value is -1.20. The number of rotatable bonds is 0. The zero-order valence-corrected chi connectivity index (χ0v) is 11.4. The van der Waals surface area contributed by atoms with Crippen LogP contribution in [0.3, 0.4) is 0 Å². The summed E-state index contributed by atoms with van der Waals surface area (Å²) in [6.07, 6.45) is 0. The summed E-state index contributed by atoms with van der Waals surface area (Å²) in [5.74, 6) is 0. The van der Waals surface area contributed by atoms with E-state index in [-0.39, 0.29) is 19.5 Å². The van der Waals surface area contributed by atoms with Crippen LogP contribution in [0.4, 0.5) is 0 Å². The second-order valence-corrected chi connectivity index (χ2v) is 3.47. The maximum Gasteiger partial charge on any atom is 0 e. The van der Waals surface area contributed by atoms with Crippen molar-refractivity contribution in [2.45, 2.75) is 0 Å². The fourth-order valence-corrected chi connectivity index (χ4v) is 1.82. The van der Waals surface area contributed by atoms with Gasteiger partial charge in [-0.1, -0.05) is 30.3 Å². The third kappa shape index (κ3) is 1.80. The van der Waals surface area contributed by atoms with Crippen molar-refractivity contribution in [1.29, 1.82) is 0 Å². The maximum absolute atomic E-state index is 3.10. The molecule has 0 unspecified atom stereocenters. The number of hydrogen-bond acceptors (Lipinski definition) is 0. The Labute approximate surface area is 102 Å². The Morgan fingerprint density at radius 3 is 2.07 bits per heavy atom. The molecule has 3 aromatic carbocycles. The molecule has 68 valence electrons. The number of fused-ring (bicyclic) bond motifs is 2. The SMILES string of the molecule is [Zn].[c-]1ccc2cc3ccccc3cc2c1. The minimum atomic E-state index is 0. The molecule has 3 rings (SSSR count). The van der Waals surface area contributed by atoms with Gasteiger partial charge in [-0.05, 0) is 10.8 Å². The molecular formula is C14H9Zn-. The minimum absolute atomic E-state index is 0. The molecule has 0 atom stereocenters. The molecule has 0 spiro atoms. The van der Waals surface area contributed by atoms with Gasteiger partial charge in [0.15, 0.2) is 0 Å². The van der Waals surface area contributed by atoms with Crippen molar-refractivity contribution in [3.05, 3.63) is 60.7 Å². The molecule has 0 heterocycles. The van der Waals surface area contributed by atoms with Crippen LogP contribution in [0.15, 0.2) is 54.6 Å². The van der Waals surface area contributed by atoms with Crippen molar-refractivity contribution in [2.24, 2.45) is 0 Å². The molecule has 0 radical (unpaired) electrons. The zero-order chi connectivity index (χ0) is 9.38. The van der Waals surface area contributed by atoms with E-state index in [0.717, 1.165) is 0 Å². The van der Waals surface area contributed by atoms with E-state index >= 15 is 0 Å². The Kier molecular flexibility index (Phi) is 2.84. The first-order valence-corrected chi connectivity index (χ1v) is 4.72. The Morgan fingerprint density at radius 2 is 1.33 bits per heavy atom. The quantitative estimate of drug-likeness (QED) is 0.320. The van der Waals surface area contributed by atoms with Gasteiger partial charge in [0.25, 0.3) is 0 Å². The predicted octanol–water partition coefficient (Wildman–Crippen LogP) is 3.79. The van der Waals surface area contributed by atoms with Gasteiger partial charge in [0.05, 0.1) is 0 Å². The van der Waals surface area contributed by atoms with Crippen molar-refractivity contribution in [3.63, 3.8) is 0 Å². The molecule has 0 saturated heterocycles. The maximum atomic E-state index is 3.10. The summed E-state index contributed by atoms with van der Waals surface area (Å²) in [7, 11) is 0. The summed E-state index contributed by atoms with van der Waals surface area (Å²) in [6.45, 7) is 0. The molecule has 0 bridgehead atoms. The van der Waals surface area contributed by atoms with E-state index in [4.69, 9.17) is 0 Å². The molecule has 0 aliphatic rings. The topological polar surface area (TPSA) is 0 Å². The summed E-state index contributed by atoms with van der Waals surface area (Å²) >= 11 is 0. The summed E-state index contributed by atoms with van der Waals surface area (Å²) in [5.41, 5.74) is 0. The van der Waals surface area contributed by atoms with Gasteiger partial charge in [0.2, 0.25) is 0 Å². The van der Waals surface area contributed by atoms with E-state index in [0.29, 0.717) is 0 Å². The van der Waals surface area contributed by atoms with E-state index in [1.807, 2.05) is 12.1 Å². The van der Waals surface area contributed by atoms with Crippen LogP contribution in [0.25, 0.3) is 21.5 Å². The molecule has 0 aromatic heterocycles. The van der Waals surface area contributed by atoms with Crippen LogP contribution in [0, 0.1) is 6.07 Å². The first-order chi connectivity index (χ1) is 6.93. The van der Waals surface area contributed by atoms with Gasteiger partial charge in [-0.3, -0.25) is 0 Å². The molecular weight excluding hydrogens is 234 g/mol. The Bertz CT molecular complexity index is 494. The zero-order valence-electron chi connectivity index (χ0n) is 8.40. The van der Waals surface area contributed by atoms with Crippen LogP contribution in [0.2, 0.25) is 0 Å². The number of benzene rings is 3. The Morgan fingerprint density at radius 1 is 0.733 bits per heavy atom. The largest absolute Gasteiger partial charge is 0.183 e. The minimum Gasteiger partial charge on any atom is -0.183 e. The van der Waals surface area contributed by atoms with E-state index in [9.17, 15) is 0 Å². The standard InChI is InChI=1S/C14H9.Zn/c1-2-6-12-10-14-8-4-3-7-13(14)9-11(12)5-1;/h1-3,5-10H;/q-1;. The van der Waals surface area contributed by atoms with Crippen molar-refractivity contribution in [1.82, 2.24) is 0 Å². The van der Waals surface area contributed by atoms with Crippen LogP contribution in [-0.4, -0.2) is 0 Å². The molecule has 0 amide bonds. The van der Waals surface area contributed by atoms with Crippen molar-refractivity contribution in [2.75, 3.05) is 0 Å². The molecule has 1 heteroatoms. The molecule has 0 aliphatic heterocycles. The van der Waals surface area contributed by atoms with E-state index < -0.39 is 0 Å². The van der Waals surface area contributed by atoms with Crippen molar-refractivity contribution >= 4 is 21.5 Å². The Balaban J connectivity index is 0.000000853. The summed E-state index contributed by atoms with van der Waals surface area (Å²) in [6, 6.07) is 22.0. The van der Waals surface area contributed by atoms with Crippen molar-refractivity contribution < 1.29 is 19.5 Å². The first kappa shape index (κ1) is 10.3. The van der Waals surface area contributed by atoms with Gasteiger partial charge in [-0.15, -0.1) is 16.8 Å².